The van der Waals surface area contributed by atoms with Gasteiger partial charge in [-0.15, -0.1) is 0 Å². The molecular formula is C9H10F4N2. The van der Waals surface area contributed by atoms with Crippen molar-refractivity contribution in [1.82, 2.24) is 0 Å². The standard InChI is InChI=1S/C9H10F4N2/c1-3-6(10)8(12)5(4(15)2-14)9(13)7(3)11/h4H,2,14-15H2,1H3/t4-/m1/s1. The summed E-state index contributed by atoms with van der Waals surface area (Å²) in [5.41, 5.74) is 8.76. The molecule has 0 radical (unpaired) electrons. The van der Waals surface area contributed by atoms with E-state index in [0.29, 0.717) is 0 Å². The Hall–Kier alpha value is -1.14. The van der Waals surface area contributed by atoms with Gasteiger partial charge in [0.1, 0.15) is 0 Å². The minimum atomic E-state index is -1.48. The lowest BCUT2D eigenvalue weighted by Crippen LogP contribution is -2.24. The Morgan fingerprint density at radius 1 is 1.00 bits per heavy atom. The highest BCUT2D eigenvalue weighted by atomic mass is 19.2. The van der Waals surface area contributed by atoms with Crippen LogP contribution in [0.1, 0.15) is 17.2 Å². The lowest BCUT2D eigenvalue weighted by atomic mass is 10.0. The SMILES string of the molecule is Cc1c(F)c(F)c([C@H](N)CN)c(F)c1F. The number of nitrogens with two attached hydrogens (primary N) is 2. The van der Waals surface area contributed by atoms with Crippen LogP contribution in [0.25, 0.3) is 0 Å². The van der Waals surface area contributed by atoms with E-state index in [4.69, 9.17) is 11.5 Å². The van der Waals surface area contributed by atoms with Gasteiger partial charge in [-0.05, 0) is 6.92 Å². The van der Waals surface area contributed by atoms with E-state index in [9.17, 15) is 17.6 Å². The molecule has 1 aromatic carbocycles. The zero-order valence-corrected chi connectivity index (χ0v) is 7.95. The third-order valence-electron chi connectivity index (χ3n) is 2.14. The van der Waals surface area contributed by atoms with E-state index in [2.05, 4.69) is 0 Å². The van der Waals surface area contributed by atoms with Crippen molar-refractivity contribution in [2.45, 2.75) is 13.0 Å². The molecular weight excluding hydrogens is 212 g/mol. The van der Waals surface area contributed by atoms with Crippen LogP contribution in [0.2, 0.25) is 0 Å². The third-order valence-corrected chi connectivity index (χ3v) is 2.14. The van der Waals surface area contributed by atoms with E-state index < -0.39 is 40.4 Å². The molecule has 2 nitrogen and oxygen atoms in total. The van der Waals surface area contributed by atoms with Gasteiger partial charge in [-0.3, -0.25) is 0 Å². The van der Waals surface area contributed by atoms with E-state index in [0.717, 1.165) is 6.92 Å². The topological polar surface area (TPSA) is 52.0 Å². The zero-order chi connectivity index (χ0) is 11.7. The molecule has 84 valence electrons. The normalized spacial score (nSPS) is 13.0. The van der Waals surface area contributed by atoms with E-state index in [1.54, 1.807) is 0 Å². The Bertz CT molecular complexity index is 363. The van der Waals surface area contributed by atoms with Gasteiger partial charge in [-0.2, -0.15) is 0 Å². The van der Waals surface area contributed by atoms with Crippen molar-refractivity contribution in [3.05, 3.63) is 34.4 Å². The van der Waals surface area contributed by atoms with Crippen molar-refractivity contribution in [1.29, 1.82) is 0 Å². The highest BCUT2D eigenvalue weighted by Crippen LogP contribution is 2.26. The molecule has 0 unspecified atom stereocenters. The molecule has 6 heteroatoms. The number of rotatable bonds is 2. The van der Waals surface area contributed by atoms with E-state index in [1.807, 2.05) is 0 Å². The molecule has 15 heavy (non-hydrogen) atoms. The predicted molar refractivity (Wildman–Crippen MR) is 47.0 cm³/mol. The van der Waals surface area contributed by atoms with Crippen LogP contribution in [0.5, 0.6) is 0 Å². The van der Waals surface area contributed by atoms with Gasteiger partial charge in [0.25, 0.3) is 0 Å². The Morgan fingerprint density at radius 2 is 1.40 bits per heavy atom. The van der Waals surface area contributed by atoms with Gasteiger partial charge in [-0.1, -0.05) is 0 Å². The van der Waals surface area contributed by atoms with Crippen molar-refractivity contribution in [3.8, 4) is 0 Å². The molecule has 0 aromatic heterocycles. The Morgan fingerprint density at radius 3 is 1.73 bits per heavy atom. The first-order valence-electron chi connectivity index (χ1n) is 4.19. The van der Waals surface area contributed by atoms with Gasteiger partial charge in [0.05, 0.1) is 0 Å². The van der Waals surface area contributed by atoms with Gasteiger partial charge in [-0.25, -0.2) is 17.6 Å². The monoisotopic (exact) mass is 222 g/mol. The summed E-state index contributed by atoms with van der Waals surface area (Å²) in [6.07, 6.45) is 0. The number of hydrogen-bond acceptors (Lipinski definition) is 2. The maximum Gasteiger partial charge on any atom is 0.167 e. The lowest BCUT2D eigenvalue weighted by Gasteiger charge is -2.14. The number of benzene rings is 1. The summed E-state index contributed by atoms with van der Waals surface area (Å²) in [6.45, 7) is 0.629. The van der Waals surface area contributed by atoms with Crippen molar-refractivity contribution in [3.63, 3.8) is 0 Å². The second kappa shape index (κ2) is 4.16. The molecule has 1 aromatic rings. The van der Waals surface area contributed by atoms with Crippen molar-refractivity contribution in [2.24, 2.45) is 11.5 Å². The van der Waals surface area contributed by atoms with Gasteiger partial charge < -0.3 is 11.5 Å². The molecule has 0 amide bonds. The smallest absolute Gasteiger partial charge is 0.167 e. The summed E-state index contributed by atoms with van der Waals surface area (Å²) < 4.78 is 52.5. The summed E-state index contributed by atoms with van der Waals surface area (Å²) in [4.78, 5) is 0. The summed E-state index contributed by atoms with van der Waals surface area (Å²) in [5, 5.41) is 0. The van der Waals surface area contributed by atoms with Crippen LogP contribution in [0, 0.1) is 30.2 Å². The molecule has 0 aliphatic rings. The van der Waals surface area contributed by atoms with Crippen LogP contribution in [0.15, 0.2) is 0 Å². The largest absolute Gasteiger partial charge is 0.329 e. The molecule has 0 aliphatic heterocycles. The summed E-state index contributed by atoms with van der Waals surface area (Å²) in [5.74, 6) is -5.84. The average Bonchev–Trinajstić information content (AvgIpc) is 2.23. The number of hydrogen-bond donors (Lipinski definition) is 2. The van der Waals surface area contributed by atoms with Crippen molar-refractivity contribution >= 4 is 0 Å². The fraction of sp³-hybridized carbons (Fsp3) is 0.333. The molecule has 0 spiro atoms. The molecule has 0 saturated carbocycles. The molecule has 0 fully saturated rings. The predicted octanol–water partition coefficient (Wildman–Crippen LogP) is 1.51. The van der Waals surface area contributed by atoms with Crippen LogP contribution in [0.3, 0.4) is 0 Å². The van der Waals surface area contributed by atoms with Gasteiger partial charge in [0.15, 0.2) is 23.3 Å². The summed E-state index contributed by atoms with van der Waals surface area (Å²) in [6, 6.07) is -1.27. The van der Waals surface area contributed by atoms with Crippen molar-refractivity contribution in [2.75, 3.05) is 6.54 Å². The van der Waals surface area contributed by atoms with Crippen LogP contribution < -0.4 is 11.5 Å². The first-order chi connectivity index (χ1) is 6.91. The molecule has 1 rings (SSSR count). The van der Waals surface area contributed by atoms with Gasteiger partial charge in [0, 0.05) is 23.7 Å². The van der Waals surface area contributed by atoms with E-state index in [-0.39, 0.29) is 6.54 Å². The van der Waals surface area contributed by atoms with Gasteiger partial charge in [0.2, 0.25) is 0 Å². The Kier molecular flexibility index (Phi) is 3.31. The fourth-order valence-electron chi connectivity index (χ4n) is 1.20. The average molecular weight is 222 g/mol. The first-order valence-corrected chi connectivity index (χ1v) is 4.19. The fourth-order valence-corrected chi connectivity index (χ4v) is 1.20. The second-order valence-electron chi connectivity index (χ2n) is 3.14. The minimum absolute atomic E-state index is 0.310. The Balaban J connectivity index is 3.52. The summed E-state index contributed by atoms with van der Waals surface area (Å²) in [7, 11) is 0. The molecule has 4 N–H and O–H groups in total. The van der Waals surface area contributed by atoms with E-state index >= 15 is 0 Å². The van der Waals surface area contributed by atoms with Crippen LogP contribution in [-0.2, 0) is 0 Å². The maximum absolute atomic E-state index is 13.2. The van der Waals surface area contributed by atoms with Crippen LogP contribution in [0.4, 0.5) is 17.6 Å². The van der Waals surface area contributed by atoms with Crippen LogP contribution in [-0.4, -0.2) is 6.54 Å². The number of halogens is 4. The zero-order valence-electron chi connectivity index (χ0n) is 7.95. The van der Waals surface area contributed by atoms with Gasteiger partial charge >= 0.3 is 0 Å². The Labute approximate surface area is 83.9 Å². The first kappa shape index (κ1) is 11.9. The third kappa shape index (κ3) is 1.82. The van der Waals surface area contributed by atoms with Crippen LogP contribution >= 0.6 is 0 Å². The summed E-state index contributed by atoms with van der Waals surface area (Å²) >= 11 is 0. The molecule has 0 heterocycles. The van der Waals surface area contributed by atoms with E-state index in [1.165, 1.54) is 0 Å². The van der Waals surface area contributed by atoms with Crippen molar-refractivity contribution < 1.29 is 17.6 Å². The highest BCUT2D eigenvalue weighted by Gasteiger charge is 2.25. The lowest BCUT2D eigenvalue weighted by molar-refractivity contribution is 0.420. The second-order valence-corrected chi connectivity index (χ2v) is 3.14. The maximum atomic E-state index is 13.2. The molecule has 0 saturated heterocycles. The molecule has 1 atom stereocenters. The minimum Gasteiger partial charge on any atom is -0.329 e. The quantitative estimate of drug-likeness (QED) is 0.588. The molecule has 0 aliphatic carbocycles. The molecule has 0 bridgehead atoms. The highest BCUT2D eigenvalue weighted by molar-refractivity contribution is 5.31.